The Kier molecular flexibility index (Phi) is 6.16. The third-order valence-electron chi connectivity index (χ3n) is 6.74. The lowest BCUT2D eigenvalue weighted by molar-refractivity contribution is -0.132. The predicted molar refractivity (Wildman–Crippen MR) is 136 cm³/mol. The Morgan fingerprint density at radius 2 is 1.94 bits per heavy atom. The first-order valence-corrected chi connectivity index (χ1v) is 12.9. The van der Waals surface area contributed by atoms with Crippen molar-refractivity contribution < 1.29 is 4.79 Å². The second kappa shape index (κ2) is 9.25. The number of aromatic nitrogens is 4. The largest absolute Gasteiger partial charge is 0.339 e. The highest BCUT2D eigenvalue weighted by Gasteiger charge is 2.26. The normalized spacial score (nSPS) is 16.4. The summed E-state index contributed by atoms with van der Waals surface area (Å²) in [6.07, 6.45) is 4.31. The summed E-state index contributed by atoms with van der Waals surface area (Å²) in [5.41, 5.74) is 3.45. The van der Waals surface area contributed by atoms with Crippen molar-refractivity contribution in [2.45, 2.75) is 57.7 Å². The van der Waals surface area contributed by atoms with Gasteiger partial charge in [-0.15, -0.1) is 10.2 Å². The number of nitrogens with zero attached hydrogens (tertiary/aromatic N) is 5. The quantitative estimate of drug-likeness (QED) is 0.397. The molecule has 0 saturated carbocycles. The van der Waals surface area contributed by atoms with E-state index in [-0.39, 0.29) is 11.5 Å². The van der Waals surface area contributed by atoms with Crippen LogP contribution in [0.15, 0.2) is 52.4 Å². The average molecular weight is 476 g/mol. The number of fused-ring (bicyclic) bond motifs is 3. The summed E-state index contributed by atoms with van der Waals surface area (Å²) >= 11 is 1.39. The fourth-order valence-corrected chi connectivity index (χ4v) is 5.74. The number of carbonyl (C=O) groups excluding carboxylic acids is 1. The topological polar surface area (TPSA) is 72.5 Å². The maximum absolute atomic E-state index is 13.6. The molecule has 4 aromatic rings. The van der Waals surface area contributed by atoms with E-state index in [1.165, 1.54) is 18.2 Å². The molecule has 0 N–H and O–H groups in total. The van der Waals surface area contributed by atoms with Crippen molar-refractivity contribution in [1.82, 2.24) is 24.1 Å². The van der Waals surface area contributed by atoms with Crippen molar-refractivity contribution in [2.24, 2.45) is 0 Å². The number of rotatable bonds is 5. The number of hydrogen-bond donors (Lipinski definition) is 0. The van der Waals surface area contributed by atoms with E-state index in [1.54, 1.807) is 4.57 Å². The zero-order valence-electron chi connectivity index (χ0n) is 19.8. The van der Waals surface area contributed by atoms with Gasteiger partial charge in [0.25, 0.3) is 5.56 Å². The monoisotopic (exact) mass is 475 g/mol. The van der Waals surface area contributed by atoms with Gasteiger partial charge in [0.15, 0.2) is 5.16 Å². The summed E-state index contributed by atoms with van der Waals surface area (Å²) in [5, 5.41) is 10.1. The minimum absolute atomic E-state index is 0.129. The molecule has 7 nitrogen and oxygen atoms in total. The molecule has 1 fully saturated rings. The Morgan fingerprint density at radius 3 is 2.76 bits per heavy atom. The molecular weight excluding hydrogens is 446 g/mol. The smallest absolute Gasteiger partial charge is 0.267 e. The number of benzene rings is 2. The second-order valence-electron chi connectivity index (χ2n) is 9.00. The lowest BCUT2D eigenvalue weighted by atomic mass is 10.0. The van der Waals surface area contributed by atoms with E-state index in [4.69, 9.17) is 0 Å². The zero-order valence-corrected chi connectivity index (χ0v) is 20.6. The lowest BCUT2D eigenvalue weighted by Crippen LogP contribution is -2.44. The molecule has 2 aromatic carbocycles. The van der Waals surface area contributed by atoms with E-state index in [9.17, 15) is 9.59 Å². The third-order valence-corrected chi connectivity index (χ3v) is 7.66. The minimum atomic E-state index is -0.129. The number of hydrogen-bond acceptors (Lipinski definition) is 5. The van der Waals surface area contributed by atoms with Gasteiger partial charge in [-0.2, -0.15) is 0 Å². The summed E-state index contributed by atoms with van der Waals surface area (Å²) in [4.78, 5) is 28.7. The third kappa shape index (κ3) is 3.90. The van der Waals surface area contributed by atoms with Crippen LogP contribution in [0, 0.1) is 13.8 Å². The van der Waals surface area contributed by atoms with E-state index < -0.39 is 0 Å². The Morgan fingerprint density at radius 1 is 1.12 bits per heavy atom. The molecule has 1 unspecified atom stereocenters. The summed E-state index contributed by atoms with van der Waals surface area (Å²) < 4.78 is 3.55. The molecule has 176 valence electrons. The number of aryl methyl sites for hydroxylation is 2. The Balaban J connectivity index is 1.60. The average Bonchev–Trinajstić information content (AvgIpc) is 3.28. The van der Waals surface area contributed by atoms with Crippen LogP contribution in [0.4, 0.5) is 0 Å². The van der Waals surface area contributed by atoms with Crippen LogP contribution in [0.1, 0.15) is 43.7 Å². The van der Waals surface area contributed by atoms with E-state index in [2.05, 4.69) is 17.1 Å². The first-order valence-electron chi connectivity index (χ1n) is 11.9. The van der Waals surface area contributed by atoms with Crippen molar-refractivity contribution in [3.8, 4) is 5.69 Å². The molecule has 1 amide bonds. The van der Waals surface area contributed by atoms with Crippen LogP contribution in [0.5, 0.6) is 0 Å². The molecule has 3 heterocycles. The molecule has 0 spiro atoms. The van der Waals surface area contributed by atoms with Gasteiger partial charge in [-0.1, -0.05) is 43.0 Å². The van der Waals surface area contributed by atoms with Gasteiger partial charge in [0.05, 0.1) is 22.3 Å². The number of para-hydroxylation sites is 1. The minimum Gasteiger partial charge on any atom is -0.339 e. The van der Waals surface area contributed by atoms with Gasteiger partial charge in [0, 0.05) is 12.6 Å². The molecule has 0 radical (unpaired) electrons. The van der Waals surface area contributed by atoms with Gasteiger partial charge < -0.3 is 4.90 Å². The number of piperidine rings is 1. The van der Waals surface area contributed by atoms with E-state index in [0.29, 0.717) is 28.1 Å². The fraction of sp³-hybridized carbons (Fsp3) is 0.385. The number of carbonyl (C=O) groups is 1. The van der Waals surface area contributed by atoms with Gasteiger partial charge >= 0.3 is 0 Å². The molecule has 1 atom stereocenters. The van der Waals surface area contributed by atoms with Gasteiger partial charge in [-0.3, -0.25) is 14.0 Å². The first kappa shape index (κ1) is 22.7. The lowest BCUT2D eigenvalue weighted by Gasteiger charge is -2.35. The van der Waals surface area contributed by atoms with Crippen molar-refractivity contribution in [3.05, 3.63) is 63.9 Å². The van der Waals surface area contributed by atoms with E-state index in [0.717, 1.165) is 48.1 Å². The molecular formula is C26H29N5O2S. The highest BCUT2D eigenvalue weighted by Crippen LogP contribution is 2.26. The van der Waals surface area contributed by atoms with Crippen molar-refractivity contribution in [1.29, 1.82) is 0 Å². The predicted octanol–water partition coefficient (Wildman–Crippen LogP) is 4.53. The fourth-order valence-electron chi connectivity index (χ4n) is 4.91. The molecule has 0 bridgehead atoms. The van der Waals surface area contributed by atoms with Gasteiger partial charge in [-0.05, 0) is 68.9 Å². The standard InChI is InChI=1S/C26H29N5O2S/c1-4-19-9-7-8-14-29(19)23(32)16-34-26-28-27-25-30(22-15-17(2)12-13-18(22)3)24(33)20-10-5-6-11-21(20)31(25)26/h5-6,10-13,15,19H,4,7-9,14,16H2,1-3H3. The van der Waals surface area contributed by atoms with Crippen molar-refractivity contribution in [2.75, 3.05) is 12.3 Å². The van der Waals surface area contributed by atoms with Crippen molar-refractivity contribution >= 4 is 34.3 Å². The van der Waals surface area contributed by atoms with Crippen LogP contribution in [-0.4, -0.2) is 48.3 Å². The zero-order chi connectivity index (χ0) is 23.8. The Labute approximate surface area is 202 Å². The number of likely N-dealkylation sites (tertiary alicyclic amines) is 1. The SMILES string of the molecule is CCC1CCCCN1C(=O)CSc1nnc2n(-c3cc(C)ccc3C)c(=O)c3ccccc3n12. The van der Waals surface area contributed by atoms with Crippen molar-refractivity contribution in [3.63, 3.8) is 0 Å². The molecule has 2 aromatic heterocycles. The maximum atomic E-state index is 13.6. The molecule has 5 rings (SSSR count). The van der Waals surface area contributed by atoms with Gasteiger partial charge in [0.1, 0.15) is 0 Å². The van der Waals surface area contributed by atoms with Gasteiger partial charge in [-0.25, -0.2) is 4.57 Å². The van der Waals surface area contributed by atoms with Crippen LogP contribution in [-0.2, 0) is 4.79 Å². The molecule has 1 aliphatic heterocycles. The number of amides is 1. The second-order valence-corrected chi connectivity index (χ2v) is 9.94. The molecule has 8 heteroatoms. The summed E-state index contributed by atoms with van der Waals surface area (Å²) in [5.74, 6) is 0.894. The Bertz CT molecular complexity index is 1440. The van der Waals surface area contributed by atoms with Crippen LogP contribution in [0.25, 0.3) is 22.4 Å². The van der Waals surface area contributed by atoms with E-state index >= 15 is 0 Å². The van der Waals surface area contributed by atoms with E-state index in [1.807, 2.05) is 65.6 Å². The molecule has 1 saturated heterocycles. The van der Waals surface area contributed by atoms with Crippen LogP contribution < -0.4 is 5.56 Å². The van der Waals surface area contributed by atoms with Gasteiger partial charge in [0.2, 0.25) is 11.7 Å². The summed E-state index contributed by atoms with van der Waals surface area (Å²) in [6.45, 7) is 6.97. The maximum Gasteiger partial charge on any atom is 0.267 e. The highest BCUT2D eigenvalue weighted by atomic mass is 32.2. The first-order chi connectivity index (χ1) is 16.5. The molecule has 0 aliphatic carbocycles. The van der Waals surface area contributed by atoms with Crippen LogP contribution in [0.2, 0.25) is 0 Å². The Hall–Kier alpha value is -3.13. The number of thioether (sulfide) groups is 1. The van der Waals surface area contributed by atoms with Crippen LogP contribution in [0.3, 0.4) is 0 Å². The van der Waals surface area contributed by atoms with Crippen LogP contribution >= 0.6 is 11.8 Å². The molecule has 1 aliphatic rings. The highest BCUT2D eigenvalue weighted by molar-refractivity contribution is 7.99. The molecule has 34 heavy (non-hydrogen) atoms. The summed E-state index contributed by atoms with van der Waals surface area (Å²) in [6, 6.07) is 13.9. The summed E-state index contributed by atoms with van der Waals surface area (Å²) in [7, 11) is 0.